The highest BCUT2D eigenvalue weighted by Gasteiger charge is 2.29. The first-order chi connectivity index (χ1) is 24.3. The Morgan fingerprint density at radius 2 is 1.71 bits per heavy atom. The summed E-state index contributed by atoms with van der Waals surface area (Å²) in [6.45, 7) is 5.81. The molecule has 0 bridgehead atoms. The van der Waals surface area contributed by atoms with Gasteiger partial charge in [-0.05, 0) is 45.4 Å². The topological polar surface area (TPSA) is 137 Å². The number of pyridine rings is 1. The second-order valence-corrected chi connectivity index (χ2v) is 14.0. The summed E-state index contributed by atoms with van der Waals surface area (Å²) in [6.07, 6.45) is 2.70. The first-order valence-corrected chi connectivity index (χ1v) is 17.0. The van der Waals surface area contributed by atoms with Crippen LogP contribution in [0.3, 0.4) is 0 Å². The summed E-state index contributed by atoms with van der Waals surface area (Å²) in [5.41, 5.74) is 3.61. The van der Waals surface area contributed by atoms with Crippen LogP contribution >= 0.6 is 23.2 Å². The fourth-order valence-corrected chi connectivity index (χ4v) is 6.69. The number of hydrogen-bond donors (Lipinski definition) is 1. The van der Waals surface area contributed by atoms with E-state index in [1.54, 1.807) is 44.0 Å². The third-order valence-corrected chi connectivity index (χ3v) is 9.34. The minimum absolute atomic E-state index is 0.00389. The van der Waals surface area contributed by atoms with Crippen LogP contribution in [0.25, 0.3) is 39.0 Å². The van der Waals surface area contributed by atoms with E-state index in [0.717, 1.165) is 0 Å². The Morgan fingerprint density at radius 1 is 1.04 bits per heavy atom. The van der Waals surface area contributed by atoms with E-state index < -0.39 is 11.7 Å². The highest BCUT2D eigenvalue weighted by Crippen LogP contribution is 2.42. The highest BCUT2D eigenvalue weighted by molar-refractivity contribution is 6.39. The first-order valence-electron chi connectivity index (χ1n) is 16.2. The Labute approximate surface area is 303 Å². The van der Waals surface area contributed by atoms with E-state index in [-0.39, 0.29) is 36.4 Å². The molecule has 4 heterocycles. The molecule has 1 saturated heterocycles. The van der Waals surface area contributed by atoms with Crippen LogP contribution in [0.5, 0.6) is 5.88 Å². The molecular weight excluding hydrogens is 695 g/mol. The summed E-state index contributed by atoms with van der Waals surface area (Å²) in [5.74, 6) is 0.254. The zero-order chi connectivity index (χ0) is 36.6. The van der Waals surface area contributed by atoms with Crippen LogP contribution in [0.1, 0.15) is 49.8 Å². The molecular formula is C37H36Cl2N6O6. The number of methoxy groups -OCH3 is 1. The van der Waals surface area contributed by atoms with E-state index in [4.69, 9.17) is 37.7 Å². The predicted molar refractivity (Wildman–Crippen MR) is 194 cm³/mol. The van der Waals surface area contributed by atoms with Crippen molar-refractivity contribution in [2.24, 2.45) is 7.05 Å². The minimum Gasteiger partial charge on any atom is -0.481 e. The molecule has 14 heteroatoms. The Balaban J connectivity index is 1.33. The second kappa shape index (κ2) is 14.2. The zero-order valence-corrected chi connectivity index (χ0v) is 30.2. The molecule has 1 atom stereocenters. The third-order valence-electron chi connectivity index (χ3n) is 8.53. The molecule has 1 aliphatic rings. The van der Waals surface area contributed by atoms with Crippen molar-refractivity contribution >= 4 is 47.0 Å². The number of ether oxygens (including phenoxy) is 2. The maximum atomic E-state index is 13.2. The van der Waals surface area contributed by atoms with E-state index in [1.165, 1.54) is 23.2 Å². The maximum Gasteiger partial charge on any atom is 0.410 e. The van der Waals surface area contributed by atoms with Crippen LogP contribution in [0, 0.1) is 0 Å². The molecule has 0 spiro atoms. The summed E-state index contributed by atoms with van der Waals surface area (Å²) in [6, 6.07) is 16.2. The second-order valence-electron chi connectivity index (χ2n) is 13.3. The molecule has 3 aromatic heterocycles. The fraction of sp³-hybridized carbons (Fsp3) is 0.297. The maximum absolute atomic E-state index is 13.2. The summed E-state index contributed by atoms with van der Waals surface area (Å²) < 4.78 is 13.9. The number of fused-ring (bicyclic) bond motifs is 1. The lowest BCUT2D eigenvalue weighted by Crippen LogP contribution is -2.43. The highest BCUT2D eigenvalue weighted by atomic mass is 35.5. The molecule has 6 rings (SSSR count). The van der Waals surface area contributed by atoms with Gasteiger partial charge in [0.2, 0.25) is 11.8 Å². The van der Waals surface area contributed by atoms with Gasteiger partial charge in [-0.2, -0.15) is 0 Å². The number of amides is 2. The summed E-state index contributed by atoms with van der Waals surface area (Å²) in [7, 11) is 2.99. The van der Waals surface area contributed by atoms with E-state index >= 15 is 0 Å². The van der Waals surface area contributed by atoms with Crippen molar-refractivity contribution in [1.29, 1.82) is 0 Å². The molecule has 1 unspecified atom stereocenters. The van der Waals surface area contributed by atoms with Crippen molar-refractivity contribution < 1.29 is 23.9 Å². The normalized spacial score (nSPS) is 14.4. The van der Waals surface area contributed by atoms with Crippen molar-refractivity contribution in [3.05, 3.63) is 92.6 Å². The average molecular weight is 732 g/mol. The van der Waals surface area contributed by atoms with Gasteiger partial charge in [0.05, 0.1) is 29.4 Å². The molecule has 0 aliphatic carbocycles. The number of aldehydes is 1. The molecule has 2 amide bonds. The number of carbonyl (C=O) groups is 3. The minimum atomic E-state index is -0.710. The number of nitrogens with one attached hydrogen (secondary N) is 1. The standard InChI is InChI=1S/C37H36Cl2N6O6/c1-37(2,3)51-36(49)44(19-23-13-15-31(47)40-23)17-21-12-14-28(41-34(21)50-5)27-11-7-10-26(33(27)39)25-9-6-8-24(32(25)38)22-16-29-35(48)43(4)30(20-46)42-45(29)18-22/h6-12,14,16,18,20,23H,13,15,17,19H2,1-5H3,(H,40,47). The monoisotopic (exact) mass is 730 g/mol. The quantitative estimate of drug-likeness (QED) is 0.168. The Hall–Kier alpha value is -5.20. The Bertz CT molecular complexity index is 2240. The lowest BCUT2D eigenvalue weighted by atomic mass is 9.97. The van der Waals surface area contributed by atoms with Gasteiger partial charge in [0.1, 0.15) is 11.1 Å². The SMILES string of the molecule is COc1nc(-c2cccc(-c3cccc(-c4cc5c(=O)n(C)c(C=O)nn5c4)c3Cl)c2Cl)ccc1CN(CC1CCC(=O)N1)C(=O)OC(C)(C)C. The van der Waals surface area contributed by atoms with Crippen LogP contribution in [-0.2, 0) is 23.1 Å². The number of halogens is 2. The average Bonchev–Trinajstić information content (AvgIpc) is 3.71. The van der Waals surface area contributed by atoms with Crippen LogP contribution in [0.4, 0.5) is 4.79 Å². The van der Waals surface area contributed by atoms with Crippen molar-refractivity contribution in [3.63, 3.8) is 0 Å². The van der Waals surface area contributed by atoms with Crippen LogP contribution in [-0.4, -0.2) is 67.6 Å². The number of nitrogens with zero attached hydrogens (tertiary/aromatic N) is 5. The molecule has 12 nitrogen and oxygen atoms in total. The molecule has 1 fully saturated rings. The lowest BCUT2D eigenvalue weighted by Gasteiger charge is -2.29. The van der Waals surface area contributed by atoms with Gasteiger partial charge >= 0.3 is 6.09 Å². The van der Waals surface area contributed by atoms with E-state index in [1.807, 2.05) is 42.5 Å². The van der Waals surface area contributed by atoms with Gasteiger partial charge < -0.3 is 19.7 Å². The first kappa shape index (κ1) is 35.6. The summed E-state index contributed by atoms with van der Waals surface area (Å²) in [4.78, 5) is 55.7. The Kier molecular flexibility index (Phi) is 9.92. The van der Waals surface area contributed by atoms with Gasteiger partial charge in [-0.3, -0.25) is 19.0 Å². The van der Waals surface area contributed by atoms with Gasteiger partial charge in [-0.25, -0.2) is 14.3 Å². The molecule has 2 aromatic carbocycles. The van der Waals surface area contributed by atoms with E-state index in [9.17, 15) is 19.2 Å². The third kappa shape index (κ3) is 7.33. The van der Waals surface area contributed by atoms with Crippen LogP contribution in [0.2, 0.25) is 10.0 Å². The molecule has 264 valence electrons. The molecule has 1 N–H and O–H groups in total. The largest absolute Gasteiger partial charge is 0.481 e. The zero-order valence-electron chi connectivity index (χ0n) is 28.7. The van der Waals surface area contributed by atoms with Gasteiger partial charge in [0.15, 0.2) is 12.1 Å². The van der Waals surface area contributed by atoms with Crippen LogP contribution < -0.4 is 15.6 Å². The van der Waals surface area contributed by atoms with Crippen molar-refractivity contribution in [2.75, 3.05) is 13.7 Å². The van der Waals surface area contributed by atoms with E-state index in [2.05, 4.69) is 10.4 Å². The van der Waals surface area contributed by atoms with Gasteiger partial charge in [-0.15, -0.1) is 5.10 Å². The molecule has 0 radical (unpaired) electrons. The smallest absolute Gasteiger partial charge is 0.410 e. The molecule has 0 saturated carbocycles. The number of aromatic nitrogens is 4. The van der Waals surface area contributed by atoms with Crippen LogP contribution in [0.15, 0.2) is 65.6 Å². The van der Waals surface area contributed by atoms with Gasteiger partial charge in [-0.1, -0.05) is 59.6 Å². The molecule has 51 heavy (non-hydrogen) atoms. The number of benzene rings is 2. The molecule has 5 aromatic rings. The van der Waals surface area contributed by atoms with Crippen molar-refractivity contribution in [1.82, 2.24) is 29.4 Å². The predicted octanol–water partition coefficient (Wildman–Crippen LogP) is 6.57. The number of rotatable bonds is 9. The Morgan fingerprint density at radius 3 is 2.33 bits per heavy atom. The van der Waals surface area contributed by atoms with Gasteiger partial charge in [0.25, 0.3) is 5.56 Å². The van der Waals surface area contributed by atoms with Crippen molar-refractivity contribution in [3.8, 4) is 39.4 Å². The fourth-order valence-electron chi connectivity index (χ4n) is 6.03. The van der Waals surface area contributed by atoms with Crippen molar-refractivity contribution in [2.45, 2.75) is 51.8 Å². The molecule has 1 aliphatic heterocycles. The summed E-state index contributed by atoms with van der Waals surface area (Å²) >= 11 is 14.1. The van der Waals surface area contributed by atoms with E-state index in [0.29, 0.717) is 79.6 Å². The van der Waals surface area contributed by atoms with Gasteiger partial charge in [0, 0.05) is 65.6 Å². The number of carbonyl (C=O) groups excluding carboxylic acids is 3. The number of hydrogen-bond acceptors (Lipinski definition) is 8. The lowest BCUT2D eigenvalue weighted by molar-refractivity contribution is -0.119. The summed E-state index contributed by atoms with van der Waals surface area (Å²) in [5, 5.41) is 7.96.